The second-order valence-electron chi connectivity index (χ2n) is 2.66. The number of carbonyl (C=O) groups is 1. The van der Waals surface area contributed by atoms with Crippen molar-refractivity contribution in [1.29, 1.82) is 0 Å². The summed E-state index contributed by atoms with van der Waals surface area (Å²) in [6.07, 6.45) is 3.10. The van der Waals surface area contributed by atoms with Crippen LogP contribution in [0.25, 0.3) is 0 Å². The van der Waals surface area contributed by atoms with Gasteiger partial charge in [-0.15, -0.1) is 0 Å². The number of aromatic nitrogens is 3. The van der Waals surface area contributed by atoms with E-state index in [2.05, 4.69) is 20.5 Å². The van der Waals surface area contributed by atoms with Gasteiger partial charge >= 0.3 is 0 Å². The Kier molecular flexibility index (Phi) is 2.24. The maximum atomic E-state index is 11.5. The van der Waals surface area contributed by atoms with E-state index in [1.165, 1.54) is 0 Å². The molecular weight excluding hydrogens is 204 g/mol. The Hall–Kier alpha value is -1.75. The molecule has 2 heterocycles. The van der Waals surface area contributed by atoms with Gasteiger partial charge in [0.2, 0.25) is 0 Å². The zero-order valence-corrected chi connectivity index (χ0v) is 7.80. The number of hydrogen-bond donors (Lipinski definition) is 3. The van der Waals surface area contributed by atoms with Crippen LogP contribution < -0.4 is 5.32 Å². The smallest absolute Gasteiger partial charge is 0.273 e. The minimum atomic E-state index is -0.263. The Morgan fingerprint density at radius 1 is 1.57 bits per heavy atom. The number of halogens is 1. The maximum absolute atomic E-state index is 11.5. The van der Waals surface area contributed by atoms with Crippen LogP contribution in [-0.2, 0) is 0 Å². The Labute approximate surface area is 84.5 Å². The molecule has 0 aliphatic heterocycles. The van der Waals surface area contributed by atoms with E-state index in [1.54, 1.807) is 24.5 Å². The summed E-state index contributed by atoms with van der Waals surface area (Å²) in [4.78, 5) is 14.2. The zero-order chi connectivity index (χ0) is 9.97. The van der Waals surface area contributed by atoms with Gasteiger partial charge < -0.3 is 10.3 Å². The standard InChI is InChI=1S/C8H7ClN4O/c9-5-3-6(10-4-5)8(14)12-7-1-2-11-13-7/h1-4,10H,(H2,11,12,13,14). The van der Waals surface area contributed by atoms with E-state index in [4.69, 9.17) is 11.6 Å². The van der Waals surface area contributed by atoms with Crippen molar-refractivity contribution >= 4 is 23.3 Å². The molecule has 0 saturated carbocycles. The molecular formula is C8H7ClN4O. The van der Waals surface area contributed by atoms with Crippen molar-refractivity contribution in [1.82, 2.24) is 15.2 Å². The molecule has 5 nitrogen and oxygen atoms in total. The van der Waals surface area contributed by atoms with E-state index in [0.717, 1.165) is 0 Å². The molecule has 2 rings (SSSR count). The van der Waals surface area contributed by atoms with Gasteiger partial charge in [-0.25, -0.2) is 0 Å². The maximum Gasteiger partial charge on any atom is 0.273 e. The molecule has 0 atom stereocenters. The van der Waals surface area contributed by atoms with Gasteiger partial charge in [0.25, 0.3) is 5.91 Å². The third-order valence-corrected chi connectivity index (χ3v) is 1.86. The molecule has 0 aliphatic carbocycles. The van der Waals surface area contributed by atoms with Crippen molar-refractivity contribution in [2.45, 2.75) is 0 Å². The number of aromatic amines is 2. The fourth-order valence-electron chi connectivity index (χ4n) is 1.01. The normalized spacial score (nSPS) is 10.1. The van der Waals surface area contributed by atoms with E-state index < -0.39 is 0 Å². The highest BCUT2D eigenvalue weighted by Crippen LogP contribution is 2.10. The second-order valence-corrected chi connectivity index (χ2v) is 3.09. The lowest BCUT2D eigenvalue weighted by Crippen LogP contribution is -2.12. The summed E-state index contributed by atoms with van der Waals surface area (Å²) in [6.45, 7) is 0. The van der Waals surface area contributed by atoms with Gasteiger partial charge in [-0.05, 0) is 6.07 Å². The van der Waals surface area contributed by atoms with Gasteiger partial charge in [0.1, 0.15) is 11.5 Å². The third kappa shape index (κ3) is 1.77. The summed E-state index contributed by atoms with van der Waals surface area (Å²) in [5.41, 5.74) is 0.407. The Balaban J connectivity index is 2.10. The Morgan fingerprint density at radius 2 is 2.43 bits per heavy atom. The summed E-state index contributed by atoms with van der Waals surface area (Å²) >= 11 is 5.65. The minimum absolute atomic E-state index is 0.263. The van der Waals surface area contributed by atoms with E-state index >= 15 is 0 Å². The van der Waals surface area contributed by atoms with E-state index in [0.29, 0.717) is 16.5 Å². The number of H-pyrrole nitrogens is 2. The van der Waals surface area contributed by atoms with Crippen LogP contribution in [-0.4, -0.2) is 21.1 Å². The third-order valence-electron chi connectivity index (χ3n) is 1.64. The highest BCUT2D eigenvalue weighted by molar-refractivity contribution is 6.31. The topological polar surface area (TPSA) is 73.6 Å². The number of nitrogens with zero attached hydrogens (tertiary/aromatic N) is 1. The van der Waals surface area contributed by atoms with Crippen LogP contribution >= 0.6 is 11.6 Å². The molecule has 0 unspecified atom stereocenters. The number of amides is 1. The minimum Gasteiger partial charge on any atom is -0.356 e. The zero-order valence-electron chi connectivity index (χ0n) is 7.04. The molecule has 0 radical (unpaired) electrons. The van der Waals surface area contributed by atoms with Gasteiger partial charge in [0.15, 0.2) is 0 Å². The summed E-state index contributed by atoms with van der Waals surface area (Å²) < 4.78 is 0. The van der Waals surface area contributed by atoms with E-state index in [9.17, 15) is 4.79 Å². The second kappa shape index (κ2) is 3.55. The first-order chi connectivity index (χ1) is 6.75. The summed E-state index contributed by atoms with van der Waals surface area (Å²) in [7, 11) is 0. The average molecular weight is 211 g/mol. The van der Waals surface area contributed by atoms with Gasteiger partial charge in [-0.1, -0.05) is 11.6 Å². The lowest BCUT2D eigenvalue weighted by Gasteiger charge is -1.98. The van der Waals surface area contributed by atoms with Crippen LogP contribution in [0.3, 0.4) is 0 Å². The Morgan fingerprint density at radius 3 is 3.00 bits per heavy atom. The highest BCUT2D eigenvalue weighted by atomic mass is 35.5. The number of hydrogen-bond acceptors (Lipinski definition) is 2. The number of anilines is 1. The number of carbonyl (C=O) groups excluding carboxylic acids is 1. The summed E-state index contributed by atoms with van der Waals surface area (Å²) in [6, 6.07) is 3.20. The molecule has 14 heavy (non-hydrogen) atoms. The molecule has 0 fully saturated rings. The first-order valence-corrected chi connectivity index (χ1v) is 4.28. The van der Waals surface area contributed by atoms with Crippen molar-refractivity contribution < 1.29 is 4.79 Å². The highest BCUT2D eigenvalue weighted by Gasteiger charge is 2.08. The molecule has 0 saturated heterocycles. The van der Waals surface area contributed by atoms with Gasteiger partial charge in [-0.3, -0.25) is 9.89 Å². The van der Waals surface area contributed by atoms with Crippen LogP contribution in [0.5, 0.6) is 0 Å². The molecule has 1 amide bonds. The molecule has 2 aromatic rings. The van der Waals surface area contributed by atoms with Crippen LogP contribution in [0, 0.1) is 0 Å². The molecule has 3 N–H and O–H groups in total. The first kappa shape index (κ1) is 8.83. The lowest BCUT2D eigenvalue weighted by atomic mass is 10.4. The van der Waals surface area contributed by atoms with Crippen molar-refractivity contribution in [3.8, 4) is 0 Å². The summed E-state index contributed by atoms with van der Waals surface area (Å²) in [5.74, 6) is 0.280. The molecule has 0 bridgehead atoms. The molecule has 0 aliphatic rings. The van der Waals surface area contributed by atoms with Crippen LogP contribution in [0.2, 0.25) is 5.02 Å². The van der Waals surface area contributed by atoms with Crippen molar-refractivity contribution in [3.63, 3.8) is 0 Å². The SMILES string of the molecule is O=C(Nc1ccn[nH]1)c1cc(Cl)c[nH]1. The Bertz CT molecular complexity index is 434. The molecule has 0 aromatic carbocycles. The van der Waals surface area contributed by atoms with E-state index in [-0.39, 0.29) is 5.91 Å². The van der Waals surface area contributed by atoms with Crippen LogP contribution in [0.15, 0.2) is 24.5 Å². The molecule has 6 heteroatoms. The molecule has 2 aromatic heterocycles. The largest absolute Gasteiger partial charge is 0.356 e. The quantitative estimate of drug-likeness (QED) is 0.705. The number of nitrogens with one attached hydrogen (secondary N) is 3. The number of rotatable bonds is 2. The van der Waals surface area contributed by atoms with Crippen molar-refractivity contribution in [2.24, 2.45) is 0 Å². The van der Waals surface area contributed by atoms with E-state index in [1.807, 2.05) is 0 Å². The first-order valence-electron chi connectivity index (χ1n) is 3.90. The van der Waals surface area contributed by atoms with Crippen LogP contribution in [0.1, 0.15) is 10.5 Å². The fourth-order valence-corrected chi connectivity index (χ4v) is 1.18. The predicted molar refractivity (Wildman–Crippen MR) is 52.3 cm³/mol. The monoisotopic (exact) mass is 210 g/mol. The van der Waals surface area contributed by atoms with Gasteiger partial charge in [0, 0.05) is 12.3 Å². The van der Waals surface area contributed by atoms with Crippen molar-refractivity contribution in [2.75, 3.05) is 5.32 Å². The molecule has 72 valence electrons. The predicted octanol–water partition coefficient (Wildman–Crippen LogP) is 1.64. The summed E-state index contributed by atoms with van der Waals surface area (Å²) in [5, 5.41) is 9.42. The fraction of sp³-hybridized carbons (Fsp3) is 0. The van der Waals surface area contributed by atoms with Gasteiger partial charge in [0.05, 0.1) is 11.2 Å². The molecule has 0 spiro atoms. The lowest BCUT2D eigenvalue weighted by molar-refractivity contribution is 0.102. The average Bonchev–Trinajstić information content (AvgIpc) is 2.75. The van der Waals surface area contributed by atoms with Crippen molar-refractivity contribution in [3.05, 3.63) is 35.2 Å². The van der Waals surface area contributed by atoms with Crippen LogP contribution in [0.4, 0.5) is 5.82 Å². The van der Waals surface area contributed by atoms with Gasteiger partial charge in [-0.2, -0.15) is 5.10 Å².